The fourth-order valence-electron chi connectivity index (χ4n) is 11.7. The van der Waals surface area contributed by atoms with Gasteiger partial charge in [0, 0.05) is 43.7 Å². The number of para-hydroxylation sites is 4. The van der Waals surface area contributed by atoms with Crippen LogP contribution in [-0.4, -0.2) is 9.13 Å². The second-order valence-corrected chi connectivity index (χ2v) is 18.5. The molecule has 0 atom stereocenters. The number of rotatable bonds is 4. The molecule has 0 N–H and O–H groups in total. The van der Waals surface area contributed by atoms with Crippen molar-refractivity contribution in [3.8, 4) is 55.9 Å². The van der Waals surface area contributed by atoms with Crippen LogP contribution in [0.1, 0.15) is 49.9 Å². The van der Waals surface area contributed by atoms with Gasteiger partial charge < -0.3 is 9.13 Å². The van der Waals surface area contributed by atoms with E-state index >= 15 is 0 Å². The van der Waals surface area contributed by atoms with Crippen LogP contribution in [0.2, 0.25) is 0 Å². The molecule has 11 aromatic rings. The van der Waals surface area contributed by atoms with Gasteiger partial charge in [-0.1, -0.05) is 161 Å². The summed E-state index contributed by atoms with van der Waals surface area (Å²) in [5.41, 5.74) is 22.8. The largest absolute Gasteiger partial charge is 0.309 e. The lowest BCUT2D eigenvalue weighted by Gasteiger charge is -2.31. The van der Waals surface area contributed by atoms with E-state index in [1.54, 1.807) is 0 Å². The summed E-state index contributed by atoms with van der Waals surface area (Å²) in [5, 5.41) is 5.11. The first-order valence-corrected chi connectivity index (χ1v) is 21.9. The minimum absolute atomic E-state index is 0.254. The number of benzene rings is 9. The number of hydrogen-bond acceptors (Lipinski definition) is 0. The van der Waals surface area contributed by atoms with E-state index in [4.69, 9.17) is 0 Å². The molecule has 13 rings (SSSR count). The van der Waals surface area contributed by atoms with Crippen molar-refractivity contribution in [3.05, 3.63) is 216 Å². The highest BCUT2D eigenvalue weighted by Crippen LogP contribution is 2.61. The lowest BCUT2D eigenvalue weighted by Crippen LogP contribution is -2.21. The molecular weight excluding hydrogens is 749 g/mol. The molecule has 9 aromatic carbocycles. The van der Waals surface area contributed by atoms with E-state index in [1.807, 2.05) is 0 Å². The van der Waals surface area contributed by atoms with Gasteiger partial charge in [-0.15, -0.1) is 0 Å². The van der Waals surface area contributed by atoms with Crippen LogP contribution in [-0.2, 0) is 10.8 Å². The van der Waals surface area contributed by atoms with E-state index in [2.05, 4.69) is 231 Å². The Kier molecular flexibility index (Phi) is 7.16. The third-order valence-electron chi connectivity index (χ3n) is 14.4. The predicted molar refractivity (Wildman–Crippen MR) is 261 cm³/mol. The van der Waals surface area contributed by atoms with Crippen LogP contribution in [0.3, 0.4) is 0 Å². The quantitative estimate of drug-likeness (QED) is 0.168. The molecule has 2 nitrogen and oxygen atoms in total. The van der Waals surface area contributed by atoms with Gasteiger partial charge in [-0.05, 0) is 127 Å². The minimum atomic E-state index is -0.254. The normalized spacial score (nSPS) is 14.4. The Hall–Kier alpha value is -7.42. The van der Waals surface area contributed by atoms with Crippen molar-refractivity contribution >= 4 is 43.6 Å². The molecule has 0 saturated heterocycles. The SMILES string of the molecule is CC1(C)c2ccc(-n3c4ccccc4c4ccccc43)cc2-c2cc3c(c(-c4cccc(-c5ccccc5)c4)c21)C(C)(C)c1ccc(-n2c4ccccc4c4ccccc42)cc1-3. The molecule has 62 heavy (non-hydrogen) atoms. The Bertz CT molecular complexity index is 3380. The topological polar surface area (TPSA) is 9.86 Å². The molecule has 0 unspecified atom stereocenters. The maximum absolute atomic E-state index is 2.57. The zero-order chi connectivity index (χ0) is 41.5. The smallest absolute Gasteiger partial charge is 0.0541 e. The summed E-state index contributed by atoms with van der Waals surface area (Å²) in [6.45, 7) is 9.79. The van der Waals surface area contributed by atoms with Gasteiger partial charge in [0.05, 0.1) is 22.1 Å². The highest BCUT2D eigenvalue weighted by molar-refractivity contribution is 6.11. The van der Waals surface area contributed by atoms with Crippen molar-refractivity contribution in [2.75, 3.05) is 0 Å². The Morgan fingerprint density at radius 3 is 1.15 bits per heavy atom. The van der Waals surface area contributed by atoms with Crippen LogP contribution in [0.25, 0.3) is 99.5 Å². The third-order valence-corrected chi connectivity index (χ3v) is 14.4. The lowest BCUT2D eigenvalue weighted by atomic mass is 9.72. The monoisotopic (exact) mass is 792 g/mol. The molecule has 0 spiro atoms. The molecule has 2 heterocycles. The number of fused-ring (bicyclic) bond motifs is 12. The second-order valence-electron chi connectivity index (χ2n) is 18.5. The average molecular weight is 793 g/mol. The van der Waals surface area contributed by atoms with E-state index in [0.29, 0.717) is 0 Å². The molecular formula is C60H44N2. The summed E-state index contributed by atoms with van der Waals surface area (Å²) in [5.74, 6) is 0. The summed E-state index contributed by atoms with van der Waals surface area (Å²) in [6.07, 6.45) is 0. The van der Waals surface area contributed by atoms with Crippen molar-refractivity contribution < 1.29 is 0 Å². The van der Waals surface area contributed by atoms with E-state index in [1.165, 1.54) is 122 Å². The van der Waals surface area contributed by atoms with Crippen molar-refractivity contribution in [1.82, 2.24) is 9.13 Å². The van der Waals surface area contributed by atoms with Crippen LogP contribution in [0.4, 0.5) is 0 Å². The zero-order valence-electron chi connectivity index (χ0n) is 35.4. The molecule has 0 amide bonds. The van der Waals surface area contributed by atoms with E-state index in [9.17, 15) is 0 Å². The predicted octanol–water partition coefficient (Wildman–Crippen LogP) is 15.8. The summed E-state index contributed by atoms with van der Waals surface area (Å²) >= 11 is 0. The molecule has 0 radical (unpaired) electrons. The molecule has 294 valence electrons. The van der Waals surface area contributed by atoms with E-state index in [0.717, 1.165) is 0 Å². The van der Waals surface area contributed by atoms with Crippen LogP contribution < -0.4 is 0 Å². The number of aromatic nitrogens is 2. The molecule has 2 aromatic heterocycles. The Balaban J connectivity index is 1.11. The molecule has 2 aliphatic rings. The first-order chi connectivity index (χ1) is 30.3. The van der Waals surface area contributed by atoms with Gasteiger partial charge in [0.1, 0.15) is 0 Å². The maximum atomic E-state index is 2.57. The van der Waals surface area contributed by atoms with Crippen molar-refractivity contribution in [2.45, 2.75) is 38.5 Å². The van der Waals surface area contributed by atoms with Crippen LogP contribution in [0.5, 0.6) is 0 Å². The highest BCUT2D eigenvalue weighted by atomic mass is 15.0. The minimum Gasteiger partial charge on any atom is -0.309 e. The van der Waals surface area contributed by atoms with Crippen LogP contribution in [0.15, 0.2) is 194 Å². The van der Waals surface area contributed by atoms with E-state index in [-0.39, 0.29) is 10.8 Å². The van der Waals surface area contributed by atoms with Gasteiger partial charge >= 0.3 is 0 Å². The zero-order valence-corrected chi connectivity index (χ0v) is 35.4. The summed E-state index contributed by atoms with van der Waals surface area (Å²) in [4.78, 5) is 0. The first kappa shape index (κ1) is 35.3. The Morgan fingerprint density at radius 1 is 0.306 bits per heavy atom. The fourth-order valence-corrected chi connectivity index (χ4v) is 11.7. The summed E-state index contributed by atoms with van der Waals surface area (Å²) in [6, 6.07) is 72.6. The molecule has 0 bridgehead atoms. The fraction of sp³-hybridized carbons (Fsp3) is 0.100. The van der Waals surface area contributed by atoms with Crippen LogP contribution >= 0.6 is 0 Å². The molecule has 0 saturated carbocycles. The number of hydrogen-bond donors (Lipinski definition) is 0. The number of nitrogens with zero attached hydrogens (tertiary/aromatic N) is 2. The van der Waals surface area contributed by atoms with Gasteiger partial charge in [0.2, 0.25) is 0 Å². The Labute approximate surface area is 362 Å². The average Bonchev–Trinajstić information content (AvgIpc) is 3.97. The molecule has 2 aliphatic carbocycles. The van der Waals surface area contributed by atoms with Crippen molar-refractivity contribution in [3.63, 3.8) is 0 Å². The van der Waals surface area contributed by atoms with Gasteiger partial charge in [0.25, 0.3) is 0 Å². The highest BCUT2D eigenvalue weighted by Gasteiger charge is 2.45. The van der Waals surface area contributed by atoms with Gasteiger partial charge in [-0.3, -0.25) is 0 Å². The maximum Gasteiger partial charge on any atom is 0.0541 e. The summed E-state index contributed by atoms with van der Waals surface area (Å²) < 4.78 is 4.92. The lowest BCUT2D eigenvalue weighted by molar-refractivity contribution is 0.642. The first-order valence-electron chi connectivity index (χ1n) is 21.9. The van der Waals surface area contributed by atoms with Crippen molar-refractivity contribution in [2.24, 2.45) is 0 Å². The van der Waals surface area contributed by atoms with Gasteiger partial charge in [-0.2, -0.15) is 0 Å². The Morgan fingerprint density at radius 2 is 0.694 bits per heavy atom. The molecule has 0 aliphatic heterocycles. The van der Waals surface area contributed by atoms with E-state index < -0.39 is 0 Å². The molecule has 0 fully saturated rings. The van der Waals surface area contributed by atoms with Crippen LogP contribution in [0, 0.1) is 0 Å². The van der Waals surface area contributed by atoms with Gasteiger partial charge in [0.15, 0.2) is 0 Å². The molecule has 2 heteroatoms. The standard InChI is InChI=1S/C60H44N2/c1-59(2)50-31-29-40(61-52-25-12-8-21-42(52)43-22-9-13-26-53(43)61)34-46(50)48-36-49-47-35-41(62-54-27-14-10-23-44(54)45-24-11-15-28-55(45)62)30-32-51(47)60(3,4)58(49)56(57(48)59)39-20-16-19-38(33-39)37-17-6-5-7-18-37/h5-36H,1-4H3. The summed E-state index contributed by atoms with van der Waals surface area (Å²) in [7, 11) is 0. The van der Waals surface area contributed by atoms with Crippen molar-refractivity contribution in [1.29, 1.82) is 0 Å². The second kappa shape index (κ2) is 12.6. The third kappa shape index (κ3) is 4.70. The van der Waals surface area contributed by atoms with Gasteiger partial charge in [-0.25, -0.2) is 0 Å².